The quantitative estimate of drug-likeness (QED) is 0.337. The van der Waals surface area contributed by atoms with Crippen LogP contribution in [0.1, 0.15) is 53.3 Å². The van der Waals surface area contributed by atoms with E-state index in [2.05, 4.69) is 15.0 Å². The van der Waals surface area contributed by atoms with Gasteiger partial charge in [-0.3, -0.25) is 10.0 Å². The van der Waals surface area contributed by atoms with Crippen molar-refractivity contribution in [2.24, 2.45) is 0 Å². The molecule has 2 fully saturated rings. The van der Waals surface area contributed by atoms with Gasteiger partial charge in [-0.15, -0.1) is 0 Å². The Balaban J connectivity index is 1.24. The van der Waals surface area contributed by atoms with Gasteiger partial charge >= 0.3 is 0 Å². The number of hydrogen-bond acceptors (Lipinski definition) is 7. The number of piperidine rings is 1. The third-order valence-corrected chi connectivity index (χ3v) is 6.94. The minimum absolute atomic E-state index is 0.0900. The predicted octanol–water partition coefficient (Wildman–Crippen LogP) is 5.23. The molecule has 1 amide bonds. The van der Waals surface area contributed by atoms with Crippen LogP contribution in [0.3, 0.4) is 0 Å². The Bertz CT molecular complexity index is 1150. The summed E-state index contributed by atoms with van der Waals surface area (Å²) < 4.78 is 12.0. The molecule has 1 saturated carbocycles. The first-order chi connectivity index (χ1) is 16.5. The number of benzene rings is 1. The van der Waals surface area contributed by atoms with Gasteiger partial charge in [0.05, 0.1) is 28.3 Å². The number of pyridine rings is 1. The van der Waals surface area contributed by atoms with Crippen LogP contribution in [-0.2, 0) is 11.3 Å². The van der Waals surface area contributed by atoms with Crippen molar-refractivity contribution in [3.8, 4) is 11.3 Å². The molecule has 5 rings (SSSR count). The number of nitrogens with zero attached hydrogens (tertiary/aromatic N) is 3. The van der Waals surface area contributed by atoms with Crippen LogP contribution in [0.15, 0.2) is 41.1 Å². The van der Waals surface area contributed by atoms with Crippen LogP contribution < -0.4 is 10.4 Å². The first kappa shape index (κ1) is 23.1. The molecule has 1 aliphatic carbocycles. The second kappa shape index (κ2) is 9.92. The molecule has 1 aromatic carbocycles. The second-order valence-corrected chi connectivity index (χ2v) is 9.40. The summed E-state index contributed by atoms with van der Waals surface area (Å²) in [7, 11) is 0. The maximum absolute atomic E-state index is 11.5. The number of hydroxylamine groups is 1. The molecular formula is C24H24Cl2N4O4. The van der Waals surface area contributed by atoms with Gasteiger partial charge in [0.25, 0.3) is 5.91 Å². The molecule has 1 aliphatic heterocycles. The number of ether oxygens (including phenoxy) is 1. The lowest BCUT2D eigenvalue weighted by atomic mass is 10.0. The summed E-state index contributed by atoms with van der Waals surface area (Å²) in [5, 5.41) is 14.1. The first-order valence-corrected chi connectivity index (χ1v) is 12.0. The number of carbonyl (C=O) groups excluding carboxylic acids is 1. The van der Waals surface area contributed by atoms with Crippen molar-refractivity contribution < 1.29 is 19.3 Å². The molecule has 0 radical (unpaired) electrons. The van der Waals surface area contributed by atoms with E-state index in [1.54, 1.807) is 29.7 Å². The number of aromatic nitrogens is 2. The normalized spacial score (nSPS) is 16.6. The van der Waals surface area contributed by atoms with E-state index in [9.17, 15) is 4.79 Å². The van der Waals surface area contributed by atoms with Crippen molar-refractivity contribution in [2.45, 2.75) is 44.3 Å². The number of carbonyl (C=O) groups is 1. The summed E-state index contributed by atoms with van der Waals surface area (Å²) in [6.07, 6.45) is 5.40. The molecule has 2 aliphatic rings. The lowest BCUT2D eigenvalue weighted by Crippen LogP contribution is -2.37. The van der Waals surface area contributed by atoms with Gasteiger partial charge in [0.15, 0.2) is 0 Å². The van der Waals surface area contributed by atoms with E-state index >= 15 is 0 Å². The largest absolute Gasteiger partial charge is 0.373 e. The summed E-state index contributed by atoms with van der Waals surface area (Å²) in [5.74, 6) is 1.46. The zero-order valence-electron chi connectivity index (χ0n) is 18.3. The van der Waals surface area contributed by atoms with Gasteiger partial charge in [-0.2, -0.15) is 0 Å². The second-order valence-electron chi connectivity index (χ2n) is 8.59. The van der Waals surface area contributed by atoms with Crippen molar-refractivity contribution in [2.75, 3.05) is 18.0 Å². The van der Waals surface area contributed by atoms with Gasteiger partial charge in [0.2, 0.25) is 0 Å². The van der Waals surface area contributed by atoms with Crippen LogP contribution in [0.25, 0.3) is 11.3 Å². The van der Waals surface area contributed by atoms with Crippen molar-refractivity contribution in [1.82, 2.24) is 15.6 Å². The number of rotatable bonds is 7. The molecule has 2 N–H and O–H groups in total. The summed E-state index contributed by atoms with van der Waals surface area (Å²) in [5.41, 5.74) is 4.18. The number of hydrogen-bond donors (Lipinski definition) is 2. The molecule has 3 aromatic rings. The number of halogens is 2. The highest BCUT2D eigenvalue weighted by molar-refractivity contribution is 6.39. The molecule has 10 heteroatoms. The smallest absolute Gasteiger partial charge is 0.276 e. The van der Waals surface area contributed by atoms with E-state index in [1.165, 1.54) is 6.20 Å². The SMILES string of the molecule is O=C(NO)c1ccc(N2CCC(OCc3c(-c4c(Cl)cccc4Cl)noc3C3CC3)CC2)nc1. The lowest BCUT2D eigenvalue weighted by molar-refractivity contribution is 0.0245. The van der Waals surface area contributed by atoms with Gasteiger partial charge in [0, 0.05) is 36.3 Å². The van der Waals surface area contributed by atoms with Gasteiger partial charge in [-0.1, -0.05) is 34.4 Å². The fraction of sp³-hybridized carbons (Fsp3) is 0.375. The Labute approximate surface area is 206 Å². The highest BCUT2D eigenvalue weighted by Crippen LogP contribution is 2.46. The molecule has 8 nitrogen and oxygen atoms in total. The Kier molecular flexibility index (Phi) is 6.74. The molecule has 0 atom stereocenters. The van der Waals surface area contributed by atoms with E-state index in [0.29, 0.717) is 39.4 Å². The Morgan fingerprint density at radius 2 is 1.88 bits per heavy atom. The first-order valence-electron chi connectivity index (χ1n) is 11.2. The van der Waals surface area contributed by atoms with E-state index in [1.807, 2.05) is 6.07 Å². The fourth-order valence-electron chi connectivity index (χ4n) is 4.27. The van der Waals surface area contributed by atoms with Gasteiger partial charge < -0.3 is 14.2 Å². The maximum atomic E-state index is 11.5. The van der Waals surface area contributed by atoms with Crippen molar-refractivity contribution in [1.29, 1.82) is 0 Å². The topological polar surface area (TPSA) is 101 Å². The van der Waals surface area contributed by atoms with Gasteiger partial charge in [-0.05, 0) is 49.9 Å². The number of anilines is 1. The summed E-state index contributed by atoms with van der Waals surface area (Å²) in [6, 6.07) is 8.83. The molecule has 3 heterocycles. The van der Waals surface area contributed by atoms with Crippen molar-refractivity contribution >= 4 is 34.9 Å². The molecule has 1 saturated heterocycles. The van der Waals surface area contributed by atoms with E-state index in [0.717, 1.165) is 55.9 Å². The van der Waals surface area contributed by atoms with Crippen LogP contribution in [0.5, 0.6) is 0 Å². The molecule has 2 aromatic heterocycles. The Morgan fingerprint density at radius 3 is 2.50 bits per heavy atom. The summed E-state index contributed by atoms with van der Waals surface area (Å²) >= 11 is 12.9. The number of nitrogens with one attached hydrogen (secondary N) is 1. The van der Waals surface area contributed by atoms with Crippen LogP contribution in [0.4, 0.5) is 5.82 Å². The molecule has 34 heavy (non-hydrogen) atoms. The Morgan fingerprint density at radius 1 is 1.15 bits per heavy atom. The average molecular weight is 503 g/mol. The highest BCUT2D eigenvalue weighted by atomic mass is 35.5. The Hall–Kier alpha value is -2.65. The van der Waals surface area contributed by atoms with E-state index in [-0.39, 0.29) is 6.10 Å². The van der Waals surface area contributed by atoms with E-state index in [4.69, 9.17) is 37.7 Å². The van der Waals surface area contributed by atoms with Gasteiger partial charge in [0.1, 0.15) is 17.3 Å². The highest BCUT2D eigenvalue weighted by Gasteiger charge is 2.34. The van der Waals surface area contributed by atoms with E-state index < -0.39 is 5.91 Å². The summed E-state index contributed by atoms with van der Waals surface area (Å²) in [6.45, 7) is 1.96. The minimum atomic E-state index is -0.581. The van der Waals surface area contributed by atoms with Crippen molar-refractivity contribution in [3.05, 3.63) is 63.5 Å². The molecule has 0 unspecified atom stereocenters. The lowest BCUT2D eigenvalue weighted by Gasteiger charge is -2.32. The standard InChI is InChI=1S/C24H24Cl2N4O4/c25-18-2-1-3-19(26)21(18)22-17(23(34-29-22)14-4-5-14)13-33-16-8-10-30(11-9-16)20-7-6-15(12-27-20)24(31)28-32/h1-3,6-7,12,14,16,32H,4-5,8-11,13H2,(H,28,31). The zero-order chi connectivity index (χ0) is 23.7. The zero-order valence-corrected chi connectivity index (χ0v) is 19.8. The predicted molar refractivity (Wildman–Crippen MR) is 127 cm³/mol. The third-order valence-electron chi connectivity index (χ3n) is 6.31. The third kappa shape index (κ3) is 4.77. The molecule has 0 spiro atoms. The summed E-state index contributed by atoms with van der Waals surface area (Å²) in [4.78, 5) is 18.0. The molecule has 0 bridgehead atoms. The maximum Gasteiger partial charge on any atom is 0.276 e. The van der Waals surface area contributed by atoms with Crippen LogP contribution in [0.2, 0.25) is 10.0 Å². The monoisotopic (exact) mass is 502 g/mol. The number of amides is 1. The van der Waals surface area contributed by atoms with Crippen LogP contribution >= 0.6 is 23.2 Å². The van der Waals surface area contributed by atoms with Crippen LogP contribution in [0, 0.1) is 0 Å². The average Bonchev–Trinajstić information content (AvgIpc) is 3.63. The molecular weight excluding hydrogens is 479 g/mol. The van der Waals surface area contributed by atoms with Crippen LogP contribution in [-0.4, -0.2) is 40.4 Å². The fourth-order valence-corrected chi connectivity index (χ4v) is 4.85. The minimum Gasteiger partial charge on any atom is -0.373 e. The van der Waals surface area contributed by atoms with Crippen molar-refractivity contribution in [3.63, 3.8) is 0 Å². The van der Waals surface area contributed by atoms with Gasteiger partial charge in [-0.25, -0.2) is 10.5 Å². The molecule has 178 valence electrons.